The van der Waals surface area contributed by atoms with Gasteiger partial charge in [0.25, 0.3) is 5.91 Å². The first-order chi connectivity index (χ1) is 8.27. The molecule has 2 aromatic rings. The summed E-state index contributed by atoms with van der Waals surface area (Å²) in [6, 6.07) is 9.52. The van der Waals surface area contributed by atoms with E-state index < -0.39 is 0 Å². The van der Waals surface area contributed by atoms with Crippen molar-refractivity contribution in [3.8, 4) is 0 Å². The Morgan fingerprint density at radius 1 is 1.41 bits per heavy atom. The molecule has 2 rings (SSSR count). The Balaban J connectivity index is 1.98. The Hall–Kier alpha value is -1.70. The number of hydrogen-bond acceptors (Lipinski definition) is 3. The van der Waals surface area contributed by atoms with E-state index in [1.807, 2.05) is 52.9 Å². The number of H-pyrrole nitrogens is 1. The van der Waals surface area contributed by atoms with Crippen molar-refractivity contribution >= 4 is 34.7 Å². The van der Waals surface area contributed by atoms with Gasteiger partial charge in [-0.3, -0.25) is 9.89 Å². The van der Waals surface area contributed by atoms with Crippen LogP contribution in [0.2, 0.25) is 0 Å². The van der Waals surface area contributed by atoms with Crippen LogP contribution in [0.25, 0.3) is 0 Å². The molecule has 1 aromatic carbocycles. The number of nitrogens with zero attached hydrogens (tertiary/aromatic N) is 2. The highest BCUT2D eigenvalue weighted by Gasteiger charge is 2.10. The van der Waals surface area contributed by atoms with E-state index in [1.54, 1.807) is 12.4 Å². The van der Waals surface area contributed by atoms with Gasteiger partial charge in [0, 0.05) is 0 Å². The summed E-state index contributed by atoms with van der Waals surface area (Å²) >= 11 is 2.03. The molecule has 86 valence electrons. The first-order valence-corrected chi connectivity index (χ1v) is 5.92. The molecule has 6 heteroatoms. The van der Waals surface area contributed by atoms with Crippen molar-refractivity contribution in [1.82, 2.24) is 15.6 Å². The third-order valence-electron chi connectivity index (χ3n) is 2.00. The minimum Gasteiger partial charge on any atom is -0.272 e. The Morgan fingerprint density at radius 2 is 2.18 bits per heavy atom. The lowest BCUT2D eigenvalue weighted by atomic mass is 10.2. The smallest absolute Gasteiger partial charge is 0.272 e. The molecule has 0 aliphatic heterocycles. The normalized spacial score (nSPS) is 10.6. The average Bonchev–Trinajstić information content (AvgIpc) is 2.77. The van der Waals surface area contributed by atoms with Crippen LogP contribution in [-0.2, 0) is 0 Å². The van der Waals surface area contributed by atoms with Gasteiger partial charge < -0.3 is 0 Å². The summed E-state index contributed by atoms with van der Waals surface area (Å²) in [5.74, 6) is -0.306. The molecule has 0 bridgehead atoms. The monoisotopic (exact) mass is 340 g/mol. The summed E-state index contributed by atoms with van der Waals surface area (Å²) in [4.78, 5) is 11.6. The lowest BCUT2D eigenvalue weighted by Gasteiger charge is -1.96. The van der Waals surface area contributed by atoms with Crippen LogP contribution in [0.5, 0.6) is 0 Å². The Labute approximate surface area is 111 Å². The molecule has 0 unspecified atom stereocenters. The maximum atomic E-state index is 11.6. The molecule has 0 fully saturated rings. The predicted octanol–water partition coefficient (Wildman–Crippen LogP) is 1.78. The predicted molar refractivity (Wildman–Crippen MR) is 72.8 cm³/mol. The van der Waals surface area contributed by atoms with Crippen molar-refractivity contribution in [3.63, 3.8) is 0 Å². The van der Waals surface area contributed by atoms with Gasteiger partial charge in [0.15, 0.2) is 0 Å². The molecule has 2 N–H and O–H groups in total. The van der Waals surface area contributed by atoms with Gasteiger partial charge in [0.2, 0.25) is 0 Å². The number of aromatic amines is 1. The van der Waals surface area contributed by atoms with E-state index >= 15 is 0 Å². The largest absolute Gasteiger partial charge is 0.290 e. The number of amides is 1. The van der Waals surface area contributed by atoms with Gasteiger partial charge >= 0.3 is 0 Å². The van der Waals surface area contributed by atoms with Crippen LogP contribution in [0.1, 0.15) is 16.1 Å². The molecule has 1 amide bonds. The molecule has 0 saturated heterocycles. The van der Waals surface area contributed by atoms with Crippen molar-refractivity contribution in [1.29, 1.82) is 0 Å². The Kier molecular flexibility index (Phi) is 3.86. The first kappa shape index (κ1) is 11.8. The molecule has 0 radical (unpaired) electrons. The van der Waals surface area contributed by atoms with E-state index in [0.717, 1.165) is 9.13 Å². The number of aromatic nitrogens is 2. The molecular weight excluding hydrogens is 331 g/mol. The second-order valence-corrected chi connectivity index (χ2v) is 4.36. The number of benzene rings is 1. The number of carbonyl (C=O) groups excluding carboxylic acids is 1. The van der Waals surface area contributed by atoms with Crippen LogP contribution in [0.4, 0.5) is 0 Å². The number of rotatable bonds is 3. The first-order valence-electron chi connectivity index (χ1n) is 4.84. The van der Waals surface area contributed by atoms with Crippen molar-refractivity contribution in [3.05, 3.63) is 51.4 Å². The summed E-state index contributed by atoms with van der Waals surface area (Å²) < 4.78 is 0.759. The van der Waals surface area contributed by atoms with Gasteiger partial charge in [-0.1, -0.05) is 30.3 Å². The maximum Gasteiger partial charge on any atom is 0.290 e. The Morgan fingerprint density at radius 3 is 2.82 bits per heavy atom. The molecular formula is C11H9IN4O. The van der Waals surface area contributed by atoms with Crippen LogP contribution >= 0.6 is 22.6 Å². The van der Waals surface area contributed by atoms with E-state index in [2.05, 4.69) is 20.7 Å². The van der Waals surface area contributed by atoms with E-state index in [0.29, 0.717) is 5.69 Å². The van der Waals surface area contributed by atoms with E-state index in [1.165, 1.54) is 0 Å². The second-order valence-electron chi connectivity index (χ2n) is 3.20. The minimum atomic E-state index is -0.306. The fraction of sp³-hybridized carbons (Fsp3) is 0. The number of nitrogens with one attached hydrogen (secondary N) is 2. The molecule has 1 heterocycles. The van der Waals surface area contributed by atoms with Gasteiger partial charge in [-0.05, 0) is 28.2 Å². The summed E-state index contributed by atoms with van der Waals surface area (Å²) in [6.45, 7) is 0. The third-order valence-corrected chi connectivity index (χ3v) is 2.82. The second kappa shape index (κ2) is 5.58. The van der Waals surface area contributed by atoms with Gasteiger partial charge in [-0.25, -0.2) is 5.43 Å². The van der Waals surface area contributed by atoms with Crippen LogP contribution in [0.15, 0.2) is 41.6 Å². The fourth-order valence-corrected chi connectivity index (χ4v) is 1.70. The van der Waals surface area contributed by atoms with Crippen molar-refractivity contribution in [2.24, 2.45) is 5.10 Å². The molecule has 1 aromatic heterocycles. The highest BCUT2D eigenvalue weighted by molar-refractivity contribution is 14.1. The third kappa shape index (κ3) is 3.13. The standard InChI is InChI=1S/C11H9IN4O/c12-9-7-14-15-10(9)11(17)16-13-6-8-4-2-1-3-5-8/h1-7H,(H,14,15)(H,16,17). The molecule has 5 nitrogen and oxygen atoms in total. The SMILES string of the molecule is O=C(NN=Cc1ccccc1)c1[nH]ncc1I. The zero-order valence-electron chi connectivity index (χ0n) is 8.72. The average molecular weight is 340 g/mol. The quantitative estimate of drug-likeness (QED) is 0.508. The van der Waals surface area contributed by atoms with E-state index in [-0.39, 0.29) is 5.91 Å². The van der Waals surface area contributed by atoms with Crippen LogP contribution < -0.4 is 5.43 Å². The number of hydrazone groups is 1. The highest BCUT2D eigenvalue weighted by atomic mass is 127. The van der Waals surface area contributed by atoms with Gasteiger partial charge in [-0.2, -0.15) is 10.2 Å². The van der Waals surface area contributed by atoms with Crippen LogP contribution in [0.3, 0.4) is 0 Å². The Bertz CT molecular complexity index is 535. The zero-order chi connectivity index (χ0) is 12.1. The minimum absolute atomic E-state index is 0.306. The van der Waals surface area contributed by atoms with Gasteiger partial charge in [0.05, 0.1) is 16.0 Å². The lowest BCUT2D eigenvalue weighted by molar-refractivity contribution is 0.0949. The van der Waals surface area contributed by atoms with E-state index in [9.17, 15) is 4.79 Å². The molecule has 17 heavy (non-hydrogen) atoms. The molecule has 0 atom stereocenters. The summed E-state index contributed by atoms with van der Waals surface area (Å²) in [6.07, 6.45) is 3.16. The summed E-state index contributed by atoms with van der Waals surface area (Å²) in [5.41, 5.74) is 3.76. The van der Waals surface area contributed by atoms with Crippen molar-refractivity contribution < 1.29 is 4.79 Å². The van der Waals surface area contributed by atoms with Crippen molar-refractivity contribution in [2.45, 2.75) is 0 Å². The summed E-state index contributed by atoms with van der Waals surface area (Å²) in [5, 5.41) is 10.2. The zero-order valence-corrected chi connectivity index (χ0v) is 10.9. The molecule has 0 saturated carbocycles. The van der Waals surface area contributed by atoms with Crippen molar-refractivity contribution in [2.75, 3.05) is 0 Å². The fourth-order valence-electron chi connectivity index (χ4n) is 1.19. The number of halogens is 1. The molecule has 0 aliphatic rings. The van der Waals surface area contributed by atoms with E-state index in [4.69, 9.17) is 0 Å². The van der Waals surface area contributed by atoms with Crippen LogP contribution in [-0.4, -0.2) is 22.3 Å². The topological polar surface area (TPSA) is 70.1 Å². The van der Waals surface area contributed by atoms with Crippen LogP contribution in [0, 0.1) is 3.57 Å². The maximum absolute atomic E-state index is 11.6. The molecule has 0 aliphatic carbocycles. The number of hydrogen-bond donors (Lipinski definition) is 2. The highest BCUT2D eigenvalue weighted by Crippen LogP contribution is 2.06. The summed E-state index contributed by atoms with van der Waals surface area (Å²) in [7, 11) is 0. The molecule has 0 spiro atoms. The number of carbonyl (C=O) groups is 1. The lowest BCUT2D eigenvalue weighted by Crippen LogP contribution is -2.19. The van der Waals surface area contributed by atoms with Gasteiger partial charge in [-0.15, -0.1) is 0 Å². The van der Waals surface area contributed by atoms with Gasteiger partial charge in [0.1, 0.15) is 5.69 Å².